The highest BCUT2D eigenvalue weighted by molar-refractivity contribution is 4.86. The van der Waals surface area contributed by atoms with Crippen molar-refractivity contribution in [3.63, 3.8) is 0 Å². The van der Waals surface area contributed by atoms with E-state index in [1.165, 1.54) is 7.11 Å². The molecule has 0 unspecified atom stereocenters. The molecule has 0 aromatic carbocycles. The van der Waals surface area contributed by atoms with Crippen LogP contribution in [-0.4, -0.2) is 7.11 Å². The third kappa shape index (κ3) is 2.64. The summed E-state index contributed by atoms with van der Waals surface area (Å²) in [4.78, 5) is 9.12. The predicted molar refractivity (Wildman–Crippen MR) is 32.1 cm³/mol. The van der Waals surface area contributed by atoms with Crippen molar-refractivity contribution >= 4 is 0 Å². The maximum Gasteiger partial charge on any atom is 0.137 e. The number of allylic oxidation sites excluding steroid dienone is 2. The van der Waals surface area contributed by atoms with E-state index in [4.69, 9.17) is 4.89 Å². The van der Waals surface area contributed by atoms with E-state index in [-0.39, 0.29) is 0 Å². The summed E-state index contributed by atoms with van der Waals surface area (Å²) < 4.78 is 0. The second-order valence-corrected chi connectivity index (χ2v) is 1.36. The van der Waals surface area contributed by atoms with Crippen LogP contribution in [0.5, 0.6) is 0 Å². The van der Waals surface area contributed by atoms with Crippen molar-refractivity contribution in [2.45, 2.75) is 20.3 Å². The first-order valence-corrected chi connectivity index (χ1v) is 2.71. The summed E-state index contributed by atoms with van der Waals surface area (Å²) in [5.74, 6) is 0.868. The van der Waals surface area contributed by atoms with Crippen molar-refractivity contribution in [3.05, 3.63) is 11.8 Å². The van der Waals surface area contributed by atoms with Crippen LogP contribution in [0.1, 0.15) is 20.3 Å². The largest absolute Gasteiger partial charge is 0.343 e. The fourth-order valence-corrected chi connectivity index (χ4v) is 0.418. The molecule has 0 atom stereocenters. The average Bonchev–Trinajstić information content (AvgIpc) is 1.83. The van der Waals surface area contributed by atoms with Crippen LogP contribution < -0.4 is 0 Å². The Bertz CT molecular complexity index is 76.6. The molecule has 2 heteroatoms. The second-order valence-electron chi connectivity index (χ2n) is 1.36. The number of rotatable bonds is 3. The molecule has 2 nitrogen and oxygen atoms in total. The van der Waals surface area contributed by atoms with E-state index in [9.17, 15) is 0 Å². The molecule has 0 radical (unpaired) electrons. The normalized spacial score (nSPS) is 11.6. The molecule has 0 spiro atoms. The Morgan fingerprint density at radius 3 is 2.38 bits per heavy atom. The first-order valence-electron chi connectivity index (χ1n) is 2.71. The first-order chi connectivity index (χ1) is 3.85. The summed E-state index contributed by atoms with van der Waals surface area (Å²) in [6.45, 7) is 3.92. The van der Waals surface area contributed by atoms with E-state index in [1.54, 1.807) is 0 Å². The molecule has 0 aliphatic heterocycles. The van der Waals surface area contributed by atoms with Crippen LogP contribution in [0.3, 0.4) is 0 Å². The monoisotopic (exact) mass is 116 g/mol. The minimum atomic E-state index is 0.868. The molecule has 0 saturated heterocycles. The molecule has 0 N–H and O–H groups in total. The molecule has 48 valence electrons. The van der Waals surface area contributed by atoms with Crippen molar-refractivity contribution in [2.75, 3.05) is 7.11 Å². The molecular formula is C6H12O2. The van der Waals surface area contributed by atoms with Gasteiger partial charge in [-0.25, -0.2) is 0 Å². The lowest BCUT2D eigenvalue weighted by Crippen LogP contribution is -1.87. The predicted octanol–water partition coefficient (Wildman–Crippen LogP) is 1.88. The standard InChI is InChI=1S/C6H12O2/c1-4-6(5-2)8-7-3/h4H,5H2,1-3H3/b6-4+. The van der Waals surface area contributed by atoms with Crippen LogP contribution in [0.25, 0.3) is 0 Å². The highest BCUT2D eigenvalue weighted by Crippen LogP contribution is 2.00. The Labute approximate surface area is 50.0 Å². The minimum Gasteiger partial charge on any atom is -0.343 e. The van der Waals surface area contributed by atoms with E-state index < -0.39 is 0 Å². The molecule has 8 heavy (non-hydrogen) atoms. The molecule has 0 fully saturated rings. The lowest BCUT2D eigenvalue weighted by atomic mass is 10.4. The van der Waals surface area contributed by atoms with Crippen LogP contribution in [0.15, 0.2) is 11.8 Å². The summed E-state index contributed by atoms with van der Waals surface area (Å²) in [6, 6.07) is 0. The van der Waals surface area contributed by atoms with E-state index >= 15 is 0 Å². The molecule has 0 aliphatic carbocycles. The molecule has 0 aromatic heterocycles. The molecule has 0 aromatic rings. The van der Waals surface area contributed by atoms with Crippen LogP contribution in [-0.2, 0) is 9.78 Å². The van der Waals surface area contributed by atoms with Gasteiger partial charge >= 0.3 is 0 Å². The zero-order valence-corrected chi connectivity index (χ0v) is 5.60. The Morgan fingerprint density at radius 1 is 1.62 bits per heavy atom. The summed E-state index contributed by atoms with van der Waals surface area (Å²) in [7, 11) is 1.50. The molecule has 0 bridgehead atoms. The van der Waals surface area contributed by atoms with Crippen molar-refractivity contribution in [3.8, 4) is 0 Å². The van der Waals surface area contributed by atoms with Gasteiger partial charge in [0.2, 0.25) is 0 Å². The lowest BCUT2D eigenvalue weighted by Gasteiger charge is -2.00. The zero-order valence-electron chi connectivity index (χ0n) is 5.60. The summed E-state index contributed by atoms with van der Waals surface area (Å²) in [6.07, 6.45) is 2.76. The third-order valence-corrected chi connectivity index (χ3v) is 0.861. The third-order valence-electron chi connectivity index (χ3n) is 0.861. The van der Waals surface area contributed by atoms with E-state index in [2.05, 4.69) is 4.89 Å². The van der Waals surface area contributed by atoms with Gasteiger partial charge in [0.15, 0.2) is 0 Å². The van der Waals surface area contributed by atoms with Gasteiger partial charge in [0.05, 0.1) is 7.11 Å². The van der Waals surface area contributed by atoms with Gasteiger partial charge in [0.25, 0.3) is 0 Å². The topological polar surface area (TPSA) is 18.5 Å². The van der Waals surface area contributed by atoms with Crippen LogP contribution in [0.2, 0.25) is 0 Å². The Hall–Kier alpha value is -0.500. The van der Waals surface area contributed by atoms with E-state index in [0.29, 0.717) is 0 Å². The highest BCUT2D eigenvalue weighted by atomic mass is 17.2. The molecular weight excluding hydrogens is 104 g/mol. The Kier molecular flexibility index (Phi) is 4.36. The zero-order chi connectivity index (χ0) is 6.41. The van der Waals surface area contributed by atoms with Gasteiger partial charge in [-0.3, -0.25) is 0 Å². The fraction of sp³-hybridized carbons (Fsp3) is 0.667. The van der Waals surface area contributed by atoms with Crippen molar-refractivity contribution in [1.82, 2.24) is 0 Å². The summed E-state index contributed by atoms with van der Waals surface area (Å²) >= 11 is 0. The van der Waals surface area contributed by atoms with Crippen LogP contribution in [0.4, 0.5) is 0 Å². The smallest absolute Gasteiger partial charge is 0.137 e. The number of hydrogen-bond acceptors (Lipinski definition) is 2. The van der Waals surface area contributed by atoms with Gasteiger partial charge in [-0.15, -0.1) is 0 Å². The maximum atomic E-state index is 4.70. The Balaban J connectivity index is 3.38. The fourth-order valence-electron chi connectivity index (χ4n) is 0.418. The SMILES string of the molecule is C/C=C(\CC)OOC. The second kappa shape index (κ2) is 4.65. The lowest BCUT2D eigenvalue weighted by molar-refractivity contribution is -0.239. The van der Waals surface area contributed by atoms with Gasteiger partial charge in [-0.05, 0) is 13.0 Å². The molecule has 0 amide bonds. The van der Waals surface area contributed by atoms with Crippen molar-refractivity contribution in [1.29, 1.82) is 0 Å². The summed E-state index contributed by atoms with van der Waals surface area (Å²) in [5, 5.41) is 0. The quantitative estimate of drug-likeness (QED) is 0.318. The van der Waals surface area contributed by atoms with Gasteiger partial charge in [-0.2, -0.15) is 4.89 Å². The number of hydrogen-bond donors (Lipinski definition) is 0. The van der Waals surface area contributed by atoms with Gasteiger partial charge in [-0.1, -0.05) is 6.92 Å². The van der Waals surface area contributed by atoms with Gasteiger partial charge < -0.3 is 4.89 Å². The van der Waals surface area contributed by atoms with Gasteiger partial charge in [0.1, 0.15) is 5.76 Å². The van der Waals surface area contributed by atoms with E-state index in [1.807, 2.05) is 19.9 Å². The van der Waals surface area contributed by atoms with Crippen LogP contribution >= 0.6 is 0 Å². The minimum absolute atomic E-state index is 0.868. The average molecular weight is 116 g/mol. The molecule has 0 aliphatic rings. The molecule has 0 saturated carbocycles. The van der Waals surface area contributed by atoms with Crippen LogP contribution in [0, 0.1) is 0 Å². The van der Waals surface area contributed by atoms with Crippen molar-refractivity contribution in [2.24, 2.45) is 0 Å². The molecule has 0 heterocycles. The maximum absolute atomic E-state index is 4.70. The molecule has 0 rings (SSSR count). The first kappa shape index (κ1) is 7.50. The Morgan fingerprint density at radius 2 is 2.25 bits per heavy atom. The summed E-state index contributed by atoms with van der Waals surface area (Å²) in [5.41, 5.74) is 0. The van der Waals surface area contributed by atoms with Crippen molar-refractivity contribution < 1.29 is 9.78 Å². The van der Waals surface area contributed by atoms with E-state index in [0.717, 1.165) is 12.2 Å². The van der Waals surface area contributed by atoms with Gasteiger partial charge in [0, 0.05) is 6.42 Å². The highest BCUT2D eigenvalue weighted by Gasteiger charge is 1.88.